The van der Waals surface area contributed by atoms with Crippen LogP contribution in [0.5, 0.6) is 0 Å². The summed E-state index contributed by atoms with van der Waals surface area (Å²) in [6.07, 6.45) is -9.42. The first kappa shape index (κ1) is 30.5. The molecule has 0 saturated heterocycles. The van der Waals surface area contributed by atoms with Crippen molar-refractivity contribution in [3.63, 3.8) is 0 Å². The van der Waals surface area contributed by atoms with Gasteiger partial charge in [0.15, 0.2) is 12.6 Å². The van der Waals surface area contributed by atoms with Gasteiger partial charge in [-0.25, -0.2) is 0 Å². The number of hydrogen-bond donors (Lipinski definition) is 11. The molecule has 12 N–H and O–H groups in total. The van der Waals surface area contributed by atoms with Crippen molar-refractivity contribution < 1.29 is 55.8 Å². The molecule has 0 amide bonds. The van der Waals surface area contributed by atoms with E-state index in [0.717, 1.165) is 12.8 Å². The van der Waals surface area contributed by atoms with Gasteiger partial charge in [-0.05, 0) is 62.7 Å². The molecular formula is C26H47NO11. The average Bonchev–Trinajstić information content (AvgIpc) is 2.83. The Morgan fingerprint density at radius 2 is 1.53 bits per heavy atom. The number of aliphatic hydroxyl groups excluding tert-OH is 8. The zero-order valence-corrected chi connectivity index (χ0v) is 21.9. The molecule has 0 aliphatic heterocycles. The van der Waals surface area contributed by atoms with Crippen LogP contribution in [0, 0.1) is 41.4 Å². The Kier molecular flexibility index (Phi) is 9.45. The monoisotopic (exact) mass is 549 g/mol. The summed E-state index contributed by atoms with van der Waals surface area (Å²) in [4.78, 5) is 0. The van der Waals surface area contributed by atoms with Gasteiger partial charge in [0.1, 0.15) is 11.8 Å². The minimum atomic E-state index is -2.33. The van der Waals surface area contributed by atoms with E-state index in [0.29, 0.717) is 19.3 Å². The number of fused-ring (bicyclic) bond motifs is 3. The first-order chi connectivity index (χ1) is 17.8. The van der Waals surface area contributed by atoms with E-state index >= 15 is 0 Å². The summed E-state index contributed by atoms with van der Waals surface area (Å²) < 4.78 is 6.14. The van der Waals surface area contributed by atoms with Crippen LogP contribution in [-0.4, -0.2) is 112 Å². The Hall–Kier alpha value is -0.480. The number of rotatable bonds is 8. The Balaban J connectivity index is 1.70. The molecule has 0 bridgehead atoms. The van der Waals surface area contributed by atoms with Crippen LogP contribution in [0.25, 0.3) is 0 Å². The third-order valence-corrected chi connectivity index (χ3v) is 10.4. The second-order valence-electron chi connectivity index (χ2n) is 12.3. The lowest BCUT2D eigenvalue weighted by Gasteiger charge is -2.65. The highest BCUT2D eigenvalue weighted by Crippen LogP contribution is 2.60. The summed E-state index contributed by atoms with van der Waals surface area (Å²) in [5, 5.41) is 107. The van der Waals surface area contributed by atoms with Crippen LogP contribution in [-0.2, 0) is 4.74 Å². The summed E-state index contributed by atoms with van der Waals surface area (Å²) in [6.45, 7) is 1.95. The Bertz CT molecular complexity index is 788. The quantitative estimate of drug-likeness (QED) is 0.110. The lowest BCUT2D eigenvalue weighted by Crippen LogP contribution is -2.78. The van der Waals surface area contributed by atoms with Gasteiger partial charge in [-0.2, -0.15) is 0 Å². The lowest BCUT2D eigenvalue weighted by atomic mass is 9.45. The van der Waals surface area contributed by atoms with Gasteiger partial charge < -0.3 is 61.5 Å². The van der Waals surface area contributed by atoms with Crippen LogP contribution in [0.1, 0.15) is 58.3 Å². The molecule has 16 atom stereocenters. The molecule has 0 spiro atoms. The molecule has 12 heteroatoms. The smallest absolute Gasteiger partial charge is 0.154 e. The van der Waals surface area contributed by atoms with E-state index in [2.05, 4.69) is 0 Å². The van der Waals surface area contributed by atoms with E-state index in [9.17, 15) is 40.9 Å². The SMILES string of the molecule is C[C@H]1C2CCCC(O)C2C(O)C2C(O)[C@]3(O)C(O)C(C(N)O)C(O)C[C@@H]3[C@@H](OC(O)CCCCC(O)O)[C@@H]21. The van der Waals surface area contributed by atoms with Crippen molar-refractivity contribution in [2.24, 2.45) is 47.2 Å². The van der Waals surface area contributed by atoms with Crippen LogP contribution < -0.4 is 5.73 Å². The van der Waals surface area contributed by atoms with Crippen LogP contribution in [0.3, 0.4) is 0 Å². The molecule has 0 radical (unpaired) electrons. The van der Waals surface area contributed by atoms with Crippen molar-refractivity contribution in [3.8, 4) is 0 Å². The Morgan fingerprint density at radius 3 is 2.16 bits per heavy atom. The van der Waals surface area contributed by atoms with E-state index in [1.807, 2.05) is 6.92 Å². The van der Waals surface area contributed by atoms with Crippen LogP contribution >= 0.6 is 0 Å². The molecule has 4 saturated carbocycles. The number of unbranched alkanes of at least 4 members (excludes halogenated alkanes) is 1. The van der Waals surface area contributed by atoms with Crippen LogP contribution in [0.15, 0.2) is 0 Å². The molecule has 4 fully saturated rings. The van der Waals surface area contributed by atoms with Crippen molar-refractivity contribution in [3.05, 3.63) is 0 Å². The minimum absolute atomic E-state index is 0.0975. The standard InChI is InChI=1S/C26H47NO11/c1-10-11-5-4-6-13(28)18(11)21(33)20-17(10)22(38-16(32)8-3-2-7-15(30)31)12-9-14(29)19(25(27)36)23(34)26(12,37)24(20)35/h10-25,28-37H,2-9,27H2,1H3/t10-,11?,12+,13?,14?,16?,17+,18?,19?,20?,21?,22+,23?,24?,25?,26+/m0/s1. The van der Waals surface area contributed by atoms with Crippen LogP contribution in [0.4, 0.5) is 0 Å². The predicted molar refractivity (Wildman–Crippen MR) is 131 cm³/mol. The molecule has 11 unspecified atom stereocenters. The van der Waals surface area contributed by atoms with Gasteiger partial charge in [-0.1, -0.05) is 13.3 Å². The van der Waals surface area contributed by atoms with Crippen molar-refractivity contribution in [2.75, 3.05) is 0 Å². The van der Waals surface area contributed by atoms with Gasteiger partial charge in [-0.15, -0.1) is 0 Å². The van der Waals surface area contributed by atoms with E-state index in [4.69, 9.17) is 20.7 Å². The molecule has 0 heterocycles. The fourth-order valence-electron chi connectivity index (χ4n) is 8.57. The molecular weight excluding hydrogens is 502 g/mol. The highest BCUT2D eigenvalue weighted by Gasteiger charge is 2.70. The molecule has 4 aliphatic rings. The highest BCUT2D eigenvalue weighted by molar-refractivity contribution is 5.19. The summed E-state index contributed by atoms with van der Waals surface area (Å²) in [7, 11) is 0. The molecule has 4 rings (SSSR count). The Morgan fingerprint density at radius 1 is 0.868 bits per heavy atom. The summed E-state index contributed by atoms with van der Waals surface area (Å²) in [5.41, 5.74) is 3.29. The van der Waals surface area contributed by atoms with Gasteiger partial charge in [0, 0.05) is 17.8 Å². The average molecular weight is 550 g/mol. The maximum Gasteiger partial charge on any atom is 0.154 e. The molecule has 4 aliphatic carbocycles. The van der Waals surface area contributed by atoms with Gasteiger partial charge in [-0.3, -0.25) is 0 Å². The first-order valence-electron chi connectivity index (χ1n) is 14.1. The van der Waals surface area contributed by atoms with Crippen molar-refractivity contribution >= 4 is 0 Å². The predicted octanol–water partition coefficient (Wildman–Crippen LogP) is -2.68. The maximum atomic E-state index is 12.0. The third-order valence-electron chi connectivity index (χ3n) is 10.4. The van der Waals surface area contributed by atoms with Crippen LogP contribution in [0.2, 0.25) is 0 Å². The normalized spacial score (nSPS) is 50.6. The zero-order chi connectivity index (χ0) is 28.1. The third kappa shape index (κ3) is 5.17. The van der Waals surface area contributed by atoms with Gasteiger partial charge in [0.2, 0.25) is 0 Å². The van der Waals surface area contributed by atoms with Crippen molar-refractivity contribution in [1.82, 2.24) is 0 Å². The maximum absolute atomic E-state index is 12.0. The first-order valence-corrected chi connectivity index (χ1v) is 14.1. The molecule has 38 heavy (non-hydrogen) atoms. The largest absolute Gasteiger partial charge is 0.393 e. The molecule has 0 aromatic carbocycles. The van der Waals surface area contributed by atoms with Gasteiger partial charge in [0.25, 0.3) is 0 Å². The van der Waals surface area contributed by atoms with Gasteiger partial charge >= 0.3 is 0 Å². The molecule has 222 valence electrons. The van der Waals surface area contributed by atoms with Gasteiger partial charge in [0.05, 0.1) is 42.5 Å². The number of nitrogens with two attached hydrogens (primary N) is 1. The van der Waals surface area contributed by atoms with E-state index in [1.54, 1.807) is 0 Å². The number of ether oxygens (including phenoxy) is 1. The minimum Gasteiger partial charge on any atom is -0.393 e. The molecule has 0 aromatic heterocycles. The van der Waals surface area contributed by atoms with Crippen molar-refractivity contribution in [1.29, 1.82) is 0 Å². The summed E-state index contributed by atoms with van der Waals surface area (Å²) >= 11 is 0. The molecule has 12 nitrogen and oxygen atoms in total. The summed E-state index contributed by atoms with van der Waals surface area (Å²) in [6, 6.07) is 0. The fourth-order valence-corrected chi connectivity index (χ4v) is 8.57. The second kappa shape index (κ2) is 11.8. The van der Waals surface area contributed by atoms with Crippen molar-refractivity contribution in [2.45, 2.75) is 119 Å². The zero-order valence-electron chi connectivity index (χ0n) is 21.9. The number of aliphatic hydroxyl groups is 10. The molecule has 0 aromatic rings. The van der Waals surface area contributed by atoms with E-state index < -0.39 is 90.6 Å². The van der Waals surface area contributed by atoms with E-state index in [1.165, 1.54) is 0 Å². The fraction of sp³-hybridized carbons (Fsp3) is 1.00. The Labute approximate surface area is 222 Å². The number of hydrogen-bond acceptors (Lipinski definition) is 12. The van der Waals surface area contributed by atoms with E-state index in [-0.39, 0.29) is 31.1 Å². The summed E-state index contributed by atoms with van der Waals surface area (Å²) in [5.74, 6) is -4.88. The topological polar surface area (TPSA) is 238 Å². The second-order valence-corrected chi connectivity index (χ2v) is 12.3. The highest BCUT2D eigenvalue weighted by atomic mass is 16.6. The lowest BCUT2D eigenvalue weighted by molar-refractivity contribution is -0.341.